The maximum absolute atomic E-state index is 13.9. The van der Waals surface area contributed by atoms with Crippen molar-refractivity contribution in [1.29, 1.82) is 0 Å². The highest BCUT2D eigenvalue weighted by atomic mass is 19.1. The lowest BCUT2D eigenvalue weighted by atomic mass is 9.78. The first kappa shape index (κ1) is 12.0. The molecule has 0 spiro atoms. The number of fused-ring (bicyclic) bond motifs is 1. The van der Waals surface area contributed by atoms with Gasteiger partial charge in [-0.2, -0.15) is 0 Å². The molecule has 1 N–H and O–H groups in total. The van der Waals surface area contributed by atoms with Gasteiger partial charge in [0, 0.05) is 17.6 Å². The van der Waals surface area contributed by atoms with E-state index in [2.05, 4.69) is 24.4 Å². The molecule has 3 rings (SSSR count). The summed E-state index contributed by atoms with van der Waals surface area (Å²) in [5, 5.41) is 3.38. The van der Waals surface area contributed by atoms with Crippen LogP contribution >= 0.6 is 0 Å². The van der Waals surface area contributed by atoms with E-state index in [4.69, 9.17) is 4.74 Å². The minimum absolute atomic E-state index is 0.205. The Morgan fingerprint density at radius 3 is 2.74 bits per heavy atom. The summed E-state index contributed by atoms with van der Waals surface area (Å²) in [4.78, 5) is 0. The zero-order chi connectivity index (χ0) is 13.5. The Labute approximate surface area is 112 Å². The Hall–Kier alpha value is -2.03. The second kappa shape index (κ2) is 4.26. The maximum atomic E-state index is 13.9. The molecule has 0 amide bonds. The molecule has 0 fully saturated rings. The second-order valence-corrected chi connectivity index (χ2v) is 5.08. The number of methoxy groups -OCH3 is 1. The minimum Gasteiger partial charge on any atom is -0.494 e. The number of hydrogen-bond donors (Lipinski definition) is 1. The van der Waals surface area contributed by atoms with Crippen LogP contribution in [0.2, 0.25) is 0 Å². The molecule has 1 aliphatic heterocycles. The molecule has 2 nitrogen and oxygen atoms in total. The van der Waals surface area contributed by atoms with E-state index < -0.39 is 0 Å². The zero-order valence-corrected chi connectivity index (χ0v) is 11.0. The van der Waals surface area contributed by atoms with E-state index in [0.29, 0.717) is 0 Å². The predicted octanol–water partition coefficient (Wildman–Crippen LogP) is 3.57. The monoisotopic (exact) mass is 257 g/mol. The van der Waals surface area contributed by atoms with Crippen LogP contribution in [0.5, 0.6) is 5.75 Å². The van der Waals surface area contributed by atoms with E-state index in [1.54, 1.807) is 12.1 Å². The van der Waals surface area contributed by atoms with Gasteiger partial charge in [-0.1, -0.05) is 24.3 Å². The van der Waals surface area contributed by atoms with Crippen LogP contribution in [0.15, 0.2) is 42.5 Å². The fourth-order valence-electron chi connectivity index (χ4n) is 2.75. The third-order valence-corrected chi connectivity index (χ3v) is 3.94. The standard InChI is InChI=1S/C16H16FNO/c1-16(10-18-14-6-4-3-5-12(14)16)11-7-8-15(19-2)13(17)9-11/h3-9,18H,10H2,1-2H3. The lowest BCUT2D eigenvalue weighted by Gasteiger charge is -2.25. The van der Waals surface area contributed by atoms with Crippen LogP contribution in [0, 0.1) is 5.82 Å². The van der Waals surface area contributed by atoms with Crippen LogP contribution in [0.1, 0.15) is 18.1 Å². The minimum atomic E-state index is -0.314. The van der Waals surface area contributed by atoms with E-state index in [0.717, 1.165) is 17.8 Å². The summed E-state index contributed by atoms with van der Waals surface area (Å²) in [6.45, 7) is 2.91. The van der Waals surface area contributed by atoms with Crippen LogP contribution < -0.4 is 10.1 Å². The van der Waals surface area contributed by atoms with Gasteiger partial charge in [-0.25, -0.2) is 4.39 Å². The van der Waals surface area contributed by atoms with Gasteiger partial charge in [-0.3, -0.25) is 0 Å². The molecule has 1 unspecified atom stereocenters. The maximum Gasteiger partial charge on any atom is 0.165 e. The first-order valence-electron chi connectivity index (χ1n) is 6.32. The van der Waals surface area contributed by atoms with Gasteiger partial charge in [0.05, 0.1) is 7.11 Å². The zero-order valence-electron chi connectivity index (χ0n) is 11.0. The number of anilines is 1. The SMILES string of the molecule is COc1ccc(C2(C)CNc3ccccc32)cc1F. The van der Waals surface area contributed by atoms with E-state index >= 15 is 0 Å². The smallest absolute Gasteiger partial charge is 0.165 e. The number of para-hydroxylation sites is 1. The lowest BCUT2D eigenvalue weighted by Crippen LogP contribution is -2.26. The van der Waals surface area contributed by atoms with E-state index in [9.17, 15) is 4.39 Å². The van der Waals surface area contributed by atoms with Crippen molar-refractivity contribution >= 4 is 5.69 Å². The predicted molar refractivity (Wildman–Crippen MR) is 74.3 cm³/mol. The summed E-state index contributed by atoms with van der Waals surface area (Å²) in [5.41, 5.74) is 3.09. The summed E-state index contributed by atoms with van der Waals surface area (Å²) < 4.78 is 18.9. The number of ether oxygens (including phenoxy) is 1. The van der Waals surface area contributed by atoms with Crippen LogP contribution in [-0.4, -0.2) is 13.7 Å². The molecule has 0 radical (unpaired) electrons. The summed E-state index contributed by atoms with van der Waals surface area (Å²) >= 11 is 0. The van der Waals surface area contributed by atoms with E-state index in [1.807, 2.05) is 18.2 Å². The van der Waals surface area contributed by atoms with Crippen molar-refractivity contribution in [1.82, 2.24) is 0 Å². The first-order valence-corrected chi connectivity index (χ1v) is 6.32. The molecule has 1 aliphatic rings. The van der Waals surface area contributed by atoms with Gasteiger partial charge in [-0.15, -0.1) is 0 Å². The van der Waals surface area contributed by atoms with Gasteiger partial charge >= 0.3 is 0 Å². The molecular weight excluding hydrogens is 241 g/mol. The van der Waals surface area contributed by atoms with Crippen LogP contribution in [0.4, 0.5) is 10.1 Å². The largest absolute Gasteiger partial charge is 0.494 e. The molecule has 0 aliphatic carbocycles. The van der Waals surface area contributed by atoms with E-state index in [-0.39, 0.29) is 17.0 Å². The van der Waals surface area contributed by atoms with Crippen molar-refractivity contribution in [2.24, 2.45) is 0 Å². The second-order valence-electron chi connectivity index (χ2n) is 5.08. The van der Waals surface area contributed by atoms with Gasteiger partial charge in [0.1, 0.15) is 0 Å². The van der Waals surface area contributed by atoms with Crippen LogP contribution in [0.3, 0.4) is 0 Å². The summed E-state index contributed by atoms with van der Waals surface area (Å²) in [6, 6.07) is 13.4. The number of hydrogen-bond acceptors (Lipinski definition) is 2. The molecule has 19 heavy (non-hydrogen) atoms. The van der Waals surface area contributed by atoms with Gasteiger partial charge in [0.15, 0.2) is 11.6 Å². The highest BCUT2D eigenvalue weighted by molar-refractivity contribution is 5.63. The summed E-state index contributed by atoms with van der Waals surface area (Å²) in [7, 11) is 1.48. The lowest BCUT2D eigenvalue weighted by molar-refractivity contribution is 0.385. The van der Waals surface area contributed by atoms with Gasteiger partial charge in [0.25, 0.3) is 0 Å². The molecule has 2 aromatic rings. The Morgan fingerprint density at radius 1 is 1.21 bits per heavy atom. The summed E-state index contributed by atoms with van der Waals surface area (Å²) in [6.07, 6.45) is 0. The fourth-order valence-corrected chi connectivity index (χ4v) is 2.75. The fraction of sp³-hybridized carbons (Fsp3) is 0.250. The molecule has 3 heteroatoms. The number of rotatable bonds is 2. The number of halogens is 1. The van der Waals surface area contributed by atoms with Crippen molar-refractivity contribution in [2.45, 2.75) is 12.3 Å². The van der Waals surface area contributed by atoms with Crippen LogP contribution in [-0.2, 0) is 5.41 Å². The third-order valence-electron chi connectivity index (χ3n) is 3.94. The van der Waals surface area contributed by atoms with Crippen molar-refractivity contribution in [3.8, 4) is 5.75 Å². The molecule has 1 heterocycles. The van der Waals surface area contributed by atoms with Gasteiger partial charge in [0.2, 0.25) is 0 Å². The highest BCUT2D eigenvalue weighted by Gasteiger charge is 2.36. The normalized spacial score (nSPS) is 20.8. The number of benzene rings is 2. The van der Waals surface area contributed by atoms with Crippen molar-refractivity contribution in [2.75, 3.05) is 19.0 Å². The van der Waals surface area contributed by atoms with Crippen molar-refractivity contribution in [3.63, 3.8) is 0 Å². The van der Waals surface area contributed by atoms with Crippen molar-refractivity contribution in [3.05, 3.63) is 59.4 Å². The molecule has 0 saturated heterocycles. The molecule has 0 aromatic heterocycles. The first-order chi connectivity index (χ1) is 9.15. The third kappa shape index (κ3) is 1.77. The average molecular weight is 257 g/mol. The molecule has 98 valence electrons. The van der Waals surface area contributed by atoms with E-state index in [1.165, 1.54) is 12.7 Å². The van der Waals surface area contributed by atoms with Crippen LogP contribution in [0.25, 0.3) is 0 Å². The van der Waals surface area contributed by atoms with Gasteiger partial charge in [-0.05, 0) is 36.2 Å². The molecule has 0 saturated carbocycles. The quantitative estimate of drug-likeness (QED) is 0.888. The average Bonchev–Trinajstić information content (AvgIpc) is 2.78. The number of nitrogens with one attached hydrogen (secondary N) is 1. The summed E-state index contributed by atoms with van der Waals surface area (Å²) in [5.74, 6) is -0.0304. The Kier molecular flexibility index (Phi) is 2.70. The molecular formula is C16H16FNO. The molecule has 1 atom stereocenters. The Balaban J connectivity index is 2.10. The topological polar surface area (TPSA) is 21.3 Å². The Bertz CT molecular complexity index is 626. The highest BCUT2D eigenvalue weighted by Crippen LogP contribution is 2.42. The molecule has 0 bridgehead atoms. The Morgan fingerprint density at radius 2 is 2.00 bits per heavy atom. The molecule has 2 aromatic carbocycles. The van der Waals surface area contributed by atoms with Crippen molar-refractivity contribution < 1.29 is 9.13 Å². The van der Waals surface area contributed by atoms with Gasteiger partial charge < -0.3 is 10.1 Å².